The molecule has 0 spiro atoms. The first-order valence-electron chi connectivity index (χ1n) is 5.91. The van der Waals surface area contributed by atoms with Gasteiger partial charge in [0.25, 0.3) is 5.91 Å². The maximum atomic E-state index is 12.0. The van der Waals surface area contributed by atoms with E-state index in [0.717, 1.165) is 6.42 Å². The van der Waals surface area contributed by atoms with Crippen LogP contribution in [-0.2, 0) is 0 Å². The lowest BCUT2D eigenvalue weighted by molar-refractivity contribution is 0.0935. The van der Waals surface area contributed by atoms with Gasteiger partial charge < -0.3 is 15.8 Å². The largest absolute Gasteiger partial charge is 0.493 e. The second kappa shape index (κ2) is 6.13. The van der Waals surface area contributed by atoms with Crippen LogP contribution in [0.2, 0.25) is 0 Å². The Morgan fingerprint density at radius 1 is 1.47 bits per heavy atom. The van der Waals surface area contributed by atoms with E-state index in [2.05, 4.69) is 5.32 Å². The van der Waals surface area contributed by atoms with Crippen LogP contribution in [0, 0.1) is 0 Å². The van der Waals surface area contributed by atoms with E-state index in [-0.39, 0.29) is 11.9 Å². The molecule has 0 heterocycles. The standard InChI is InChI=1S/C13H20N2O2/c1-4-9(3)15-13(16)11-8-10(14)6-7-12(11)17-5-2/h6-9H,4-5,14H2,1-3H3,(H,15,16). The smallest absolute Gasteiger partial charge is 0.255 e. The predicted molar refractivity (Wildman–Crippen MR) is 69.2 cm³/mol. The molecular weight excluding hydrogens is 216 g/mol. The van der Waals surface area contributed by atoms with Crippen LogP contribution in [0.5, 0.6) is 5.75 Å². The Morgan fingerprint density at radius 3 is 2.76 bits per heavy atom. The number of rotatable bonds is 5. The Labute approximate surface area is 102 Å². The Hall–Kier alpha value is -1.71. The molecule has 1 amide bonds. The average Bonchev–Trinajstić information content (AvgIpc) is 2.31. The molecule has 1 aromatic carbocycles. The predicted octanol–water partition coefficient (Wildman–Crippen LogP) is 2.20. The summed E-state index contributed by atoms with van der Waals surface area (Å²) in [7, 11) is 0. The highest BCUT2D eigenvalue weighted by atomic mass is 16.5. The Bertz CT molecular complexity index is 391. The van der Waals surface area contributed by atoms with Crippen LogP contribution >= 0.6 is 0 Å². The molecule has 4 heteroatoms. The van der Waals surface area contributed by atoms with Gasteiger partial charge in [-0.1, -0.05) is 6.92 Å². The van der Waals surface area contributed by atoms with Crippen molar-refractivity contribution in [2.45, 2.75) is 33.2 Å². The quantitative estimate of drug-likeness (QED) is 0.770. The third kappa shape index (κ3) is 3.66. The molecule has 0 fully saturated rings. The van der Waals surface area contributed by atoms with Gasteiger partial charge in [0.05, 0.1) is 12.2 Å². The van der Waals surface area contributed by atoms with E-state index in [1.165, 1.54) is 0 Å². The summed E-state index contributed by atoms with van der Waals surface area (Å²) in [4.78, 5) is 12.0. The van der Waals surface area contributed by atoms with Crippen LogP contribution in [0.4, 0.5) is 5.69 Å². The van der Waals surface area contributed by atoms with Crippen molar-refractivity contribution in [3.63, 3.8) is 0 Å². The van der Waals surface area contributed by atoms with Gasteiger partial charge in [0.2, 0.25) is 0 Å². The summed E-state index contributed by atoms with van der Waals surface area (Å²) >= 11 is 0. The van der Waals surface area contributed by atoms with Crippen LogP contribution in [0.15, 0.2) is 18.2 Å². The van der Waals surface area contributed by atoms with Crippen molar-refractivity contribution in [1.29, 1.82) is 0 Å². The molecule has 0 aromatic heterocycles. The van der Waals surface area contributed by atoms with Gasteiger partial charge in [0, 0.05) is 11.7 Å². The highest BCUT2D eigenvalue weighted by Gasteiger charge is 2.14. The van der Waals surface area contributed by atoms with Crippen LogP contribution in [0.25, 0.3) is 0 Å². The summed E-state index contributed by atoms with van der Waals surface area (Å²) in [6.07, 6.45) is 0.887. The fourth-order valence-electron chi connectivity index (χ4n) is 1.41. The van der Waals surface area contributed by atoms with Crippen molar-refractivity contribution in [1.82, 2.24) is 5.32 Å². The lowest BCUT2D eigenvalue weighted by Gasteiger charge is -2.14. The summed E-state index contributed by atoms with van der Waals surface area (Å²) < 4.78 is 5.41. The zero-order valence-electron chi connectivity index (χ0n) is 10.6. The first kappa shape index (κ1) is 13.4. The molecule has 4 nitrogen and oxygen atoms in total. The minimum Gasteiger partial charge on any atom is -0.493 e. The van der Waals surface area contributed by atoms with E-state index in [9.17, 15) is 4.79 Å². The van der Waals surface area contributed by atoms with Crippen LogP contribution < -0.4 is 15.8 Å². The minimum atomic E-state index is -0.143. The molecule has 1 rings (SSSR count). The topological polar surface area (TPSA) is 64.3 Å². The van der Waals surface area contributed by atoms with Crippen molar-refractivity contribution in [2.24, 2.45) is 0 Å². The van der Waals surface area contributed by atoms with Crippen molar-refractivity contribution < 1.29 is 9.53 Å². The molecule has 17 heavy (non-hydrogen) atoms. The van der Waals surface area contributed by atoms with Gasteiger partial charge in [-0.2, -0.15) is 0 Å². The summed E-state index contributed by atoms with van der Waals surface area (Å²) in [6, 6.07) is 5.23. The van der Waals surface area contributed by atoms with Crippen LogP contribution in [0.3, 0.4) is 0 Å². The van der Waals surface area contributed by atoms with E-state index in [1.807, 2.05) is 20.8 Å². The number of nitrogen functional groups attached to an aromatic ring is 1. The lowest BCUT2D eigenvalue weighted by Crippen LogP contribution is -2.32. The van der Waals surface area contributed by atoms with Crippen molar-refractivity contribution in [3.05, 3.63) is 23.8 Å². The third-order valence-corrected chi connectivity index (χ3v) is 2.54. The second-order valence-electron chi connectivity index (χ2n) is 3.97. The molecule has 1 unspecified atom stereocenters. The molecule has 0 aliphatic heterocycles. The molecule has 3 N–H and O–H groups in total. The summed E-state index contributed by atoms with van der Waals surface area (Å²) in [5.41, 5.74) is 6.74. The SMILES string of the molecule is CCOc1ccc(N)cc1C(=O)NC(C)CC. The van der Waals surface area contributed by atoms with Gasteiger partial charge in [0.15, 0.2) is 0 Å². The first-order valence-corrected chi connectivity index (χ1v) is 5.91. The number of carbonyl (C=O) groups excluding carboxylic acids is 1. The number of hydrogen-bond donors (Lipinski definition) is 2. The molecule has 94 valence electrons. The number of nitrogens with one attached hydrogen (secondary N) is 1. The van der Waals surface area contributed by atoms with Gasteiger partial charge in [0.1, 0.15) is 5.75 Å². The van der Waals surface area contributed by atoms with Gasteiger partial charge in [-0.3, -0.25) is 4.79 Å². The molecule has 1 atom stereocenters. The number of nitrogens with two attached hydrogens (primary N) is 1. The number of hydrogen-bond acceptors (Lipinski definition) is 3. The Morgan fingerprint density at radius 2 is 2.18 bits per heavy atom. The molecule has 0 aliphatic rings. The maximum Gasteiger partial charge on any atom is 0.255 e. The van der Waals surface area contributed by atoms with E-state index in [1.54, 1.807) is 18.2 Å². The highest BCUT2D eigenvalue weighted by molar-refractivity contribution is 5.98. The van der Waals surface area contributed by atoms with E-state index < -0.39 is 0 Å². The number of benzene rings is 1. The van der Waals surface area contributed by atoms with Gasteiger partial charge in [-0.05, 0) is 38.5 Å². The average molecular weight is 236 g/mol. The molecule has 0 saturated carbocycles. The van der Waals surface area contributed by atoms with Crippen LogP contribution in [-0.4, -0.2) is 18.6 Å². The number of anilines is 1. The maximum absolute atomic E-state index is 12.0. The van der Waals surface area contributed by atoms with E-state index >= 15 is 0 Å². The van der Waals surface area contributed by atoms with E-state index in [4.69, 9.17) is 10.5 Å². The molecular formula is C13H20N2O2. The fraction of sp³-hybridized carbons (Fsp3) is 0.462. The number of ether oxygens (including phenoxy) is 1. The summed E-state index contributed by atoms with van der Waals surface area (Å²) in [5, 5.41) is 2.90. The van der Waals surface area contributed by atoms with Crippen molar-refractivity contribution >= 4 is 11.6 Å². The van der Waals surface area contributed by atoms with Crippen molar-refractivity contribution in [3.8, 4) is 5.75 Å². The van der Waals surface area contributed by atoms with Gasteiger partial charge >= 0.3 is 0 Å². The van der Waals surface area contributed by atoms with Gasteiger partial charge in [-0.25, -0.2) is 0 Å². The molecule has 1 aromatic rings. The Balaban J connectivity index is 2.93. The highest BCUT2D eigenvalue weighted by Crippen LogP contribution is 2.21. The lowest BCUT2D eigenvalue weighted by atomic mass is 10.1. The zero-order chi connectivity index (χ0) is 12.8. The second-order valence-corrected chi connectivity index (χ2v) is 3.97. The first-order chi connectivity index (χ1) is 8.08. The zero-order valence-corrected chi connectivity index (χ0v) is 10.6. The molecule has 0 aliphatic carbocycles. The molecule has 0 bridgehead atoms. The Kier molecular flexibility index (Phi) is 4.82. The summed E-state index contributed by atoms with van der Waals surface area (Å²) in [5.74, 6) is 0.428. The third-order valence-electron chi connectivity index (χ3n) is 2.54. The molecule has 0 radical (unpaired) electrons. The fourth-order valence-corrected chi connectivity index (χ4v) is 1.41. The van der Waals surface area contributed by atoms with Crippen molar-refractivity contribution in [2.75, 3.05) is 12.3 Å². The monoisotopic (exact) mass is 236 g/mol. The van der Waals surface area contributed by atoms with Gasteiger partial charge in [-0.15, -0.1) is 0 Å². The number of carbonyl (C=O) groups is 1. The normalized spacial score (nSPS) is 11.9. The van der Waals surface area contributed by atoms with E-state index in [0.29, 0.717) is 23.6 Å². The number of amides is 1. The minimum absolute atomic E-state index is 0.137. The summed E-state index contributed by atoms with van der Waals surface area (Å²) in [6.45, 7) is 6.39. The van der Waals surface area contributed by atoms with Crippen LogP contribution in [0.1, 0.15) is 37.6 Å². The molecule has 0 saturated heterocycles.